The highest BCUT2D eigenvalue weighted by atomic mass is 16.5. The van der Waals surface area contributed by atoms with Gasteiger partial charge in [-0.05, 0) is 72.2 Å². The van der Waals surface area contributed by atoms with Crippen molar-refractivity contribution in [3.63, 3.8) is 0 Å². The summed E-state index contributed by atoms with van der Waals surface area (Å²) >= 11 is 0. The van der Waals surface area contributed by atoms with Crippen LogP contribution in [0.5, 0.6) is 69.0 Å². The molecule has 0 aliphatic carbocycles. The van der Waals surface area contributed by atoms with Crippen molar-refractivity contribution < 1.29 is 75.8 Å². The summed E-state index contributed by atoms with van der Waals surface area (Å²) in [6.45, 7) is 16.0. The van der Waals surface area contributed by atoms with Gasteiger partial charge in [-0.1, -0.05) is 76.0 Å². The van der Waals surface area contributed by atoms with Gasteiger partial charge in [0, 0.05) is 22.3 Å². The number of hydrogen-bond acceptors (Lipinski definition) is 35. The molecule has 0 saturated heterocycles. The Morgan fingerprint density at radius 3 is 1.07 bits per heavy atom. The fourth-order valence-corrected chi connectivity index (χ4v) is 9.66. The molecular formula is C67H74N24O16. The van der Waals surface area contributed by atoms with E-state index in [0.29, 0.717) is 117 Å². The number of benzene rings is 4. The third-order valence-corrected chi connectivity index (χ3v) is 14.8. The topological polar surface area (TPSA) is 573 Å². The monoisotopic (exact) mass is 1470 g/mol. The molecule has 11 rings (SSSR count). The second kappa shape index (κ2) is 36.8. The number of anilines is 8. The average molecular weight is 1470 g/mol. The maximum absolute atomic E-state index is 11.0. The standard InChI is InChI=1S/C18H18N6O5.C17H18N6O4.C16H20N6O4.C16H18N6O3/c1-10(2)11-4-13(27-3)12(16-22-9-28-24-16)5-14(11)29-15-6-19-18(21-8-26)23-17(15)20-7-25;1-9(2)10-4-12(25-3)11(16-21-8-26-23-16)5-13(10)27-14-6-19-17(20-7-24)22-15(14)18;1-8(2)9-4-11(25-3)10(14(17)22-24)5-12(9)26-13-6-19-16(18)21-15(13)20-7-23;1-8(2)9-4-11(23-3)10(15-20-7-24-22-15)5-12(9)25-13-6-19-16(18)21-14(13)17/h4-10H,1-3H3,(H2,19,20,21,23,25,26);4-9H,1-3H3,(H3,18,19,20,22,24);4-8,24H,1-3H3,(H2,17,22)(H3,18,19,20,21,23);4-8H,1-3H3,(H4,17,18,19,21). The predicted molar refractivity (Wildman–Crippen MR) is 386 cm³/mol. The molecule has 7 heterocycles. The number of nitrogens with one attached hydrogen (secondary N) is 4. The van der Waals surface area contributed by atoms with Gasteiger partial charge >= 0.3 is 0 Å². The maximum atomic E-state index is 11.0. The van der Waals surface area contributed by atoms with Gasteiger partial charge in [0.05, 0.1) is 75.5 Å². The van der Waals surface area contributed by atoms with Crippen LogP contribution in [0.15, 0.2) is 111 Å². The zero-order valence-electron chi connectivity index (χ0n) is 59.4. The average Bonchev–Trinajstić information content (AvgIpc) is 1.73. The van der Waals surface area contributed by atoms with Crippen LogP contribution < -0.4 is 87.8 Å². The Bertz CT molecular complexity index is 4870. The van der Waals surface area contributed by atoms with E-state index < -0.39 is 0 Å². The molecule has 0 bridgehead atoms. The first-order chi connectivity index (χ1) is 51.5. The summed E-state index contributed by atoms with van der Waals surface area (Å²) in [4.78, 5) is 86.6. The molecule has 40 nitrogen and oxygen atoms in total. The Kier molecular flexibility index (Phi) is 26.9. The molecule has 0 aliphatic heterocycles. The molecule has 4 amide bonds. The first-order valence-electron chi connectivity index (χ1n) is 31.7. The summed E-state index contributed by atoms with van der Waals surface area (Å²) in [6, 6.07) is 14.1. The molecule has 107 heavy (non-hydrogen) atoms. The van der Waals surface area contributed by atoms with Crippen LogP contribution in [-0.2, 0) is 19.2 Å². The van der Waals surface area contributed by atoms with Gasteiger partial charge < -0.3 is 96.0 Å². The van der Waals surface area contributed by atoms with Gasteiger partial charge in [-0.15, -0.1) is 0 Å². The van der Waals surface area contributed by atoms with E-state index in [-0.39, 0.29) is 93.8 Å². The van der Waals surface area contributed by atoms with Crippen LogP contribution in [0.25, 0.3) is 34.2 Å². The number of carbonyl (C=O) groups excluding carboxylic acids is 4. The molecule has 15 N–H and O–H groups in total. The van der Waals surface area contributed by atoms with Crippen molar-refractivity contribution >= 4 is 78.5 Å². The minimum atomic E-state index is -0.137. The number of oxime groups is 1. The van der Waals surface area contributed by atoms with E-state index in [9.17, 15) is 19.2 Å². The number of carbonyl (C=O) groups is 4. The van der Waals surface area contributed by atoms with Gasteiger partial charge in [-0.2, -0.15) is 34.9 Å². The second-order valence-electron chi connectivity index (χ2n) is 23.0. The Morgan fingerprint density at radius 2 is 0.729 bits per heavy atom. The molecule has 7 aromatic heterocycles. The Labute approximate surface area is 608 Å². The van der Waals surface area contributed by atoms with E-state index in [2.05, 4.69) is 96.7 Å². The number of hydrogen-bond donors (Lipinski definition) is 10. The number of ether oxygens (including phenoxy) is 8. The minimum Gasteiger partial charge on any atom is -0.496 e. The number of nitrogen functional groups attached to an aromatic ring is 4. The van der Waals surface area contributed by atoms with Crippen LogP contribution in [0.1, 0.15) is 107 Å². The molecule has 0 saturated carbocycles. The highest BCUT2D eigenvalue weighted by molar-refractivity contribution is 6.00. The lowest BCUT2D eigenvalue weighted by Gasteiger charge is -2.18. The lowest BCUT2D eigenvalue weighted by Crippen LogP contribution is -2.15. The molecular weight excluding hydrogens is 1400 g/mol. The van der Waals surface area contributed by atoms with Crippen molar-refractivity contribution in [2.24, 2.45) is 10.9 Å². The van der Waals surface area contributed by atoms with Crippen LogP contribution in [0.4, 0.5) is 47.1 Å². The summed E-state index contributed by atoms with van der Waals surface area (Å²) < 4.78 is 60.0. The van der Waals surface area contributed by atoms with Crippen LogP contribution in [0.3, 0.4) is 0 Å². The Morgan fingerprint density at radius 1 is 0.402 bits per heavy atom. The van der Waals surface area contributed by atoms with Gasteiger partial charge in [0.25, 0.3) is 0 Å². The van der Waals surface area contributed by atoms with Crippen molar-refractivity contribution in [2.45, 2.75) is 79.1 Å². The summed E-state index contributed by atoms with van der Waals surface area (Å²) in [7, 11) is 6.17. The van der Waals surface area contributed by atoms with Gasteiger partial charge in [0.2, 0.25) is 86.1 Å². The molecule has 40 heteroatoms. The van der Waals surface area contributed by atoms with Crippen LogP contribution >= 0.6 is 0 Å². The van der Waals surface area contributed by atoms with E-state index in [1.807, 2.05) is 73.6 Å². The summed E-state index contributed by atoms with van der Waals surface area (Å²) in [5, 5.41) is 33.0. The first kappa shape index (κ1) is 78.1. The van der Waals surface area contributed by atoms with E-state index >= 15 is 0 Å². The first-order valence-corrected chi connectivity index (χ1v) is 31.7. The third kappa shape index (κ3) is 19.7. The van der Waals surface area contributed by atoms with Crippen LogP contribution in [-0.4, -0.2) is 135 Å². The SMILES string of the molecule is COc1cc(C(C)C)c(Oc2cnc(N)nc2N)cc1-c1ncon1.COc1cc(C(C)C)c(Oc2cnc(N)nc2NC=O)cc1/C(N)=N/O.COc1cc(C(C)C)c(Oc2cnc(NC=O)nc2N)cc1-c1ncon1.COc1cc(C(C)C)c(Oc2cnc(NC=O)nc2NC=O)cc1-c1ncon1. The van der Waals surface area contributed by atoms with Crippen molar-refractivity contribution in [1.82, 2.24) is 70.3 Å². The van der Waals surface area contributed by atoms with Gasteiger partial charge in [-0.3, -0.25) is 29.8 Å². The summed E-state index contributed by atoms with van der Waals surface area (Å²) in [5.41, 5.74) is 34.1. The van der Waals surface area contributed by atoms with E-state index in [0.717, 1.165) is 22.3 Å². The lowest BCUT2D eigenvalue weighted by molar-refractivity contribution is -0.106. The zero-order valence-corrected chi connectivity index (χ0v) is 59.4. The third-order valence-electron chi connectivity index (χ3n) is 14.8. The molecule has 0 unspecified atom stereocenters. The number of methoxy groups -OCH3 is 4. The largest absolute Gasteiger partial charge is 0.496 e. The summed E-state index contributed by atoms with van der Waals surface area (Å²) in [6.07, 6.45) is 11.0. The lowest BCUT2D eigenvalue weighted by atomic mass is 9.99. The number of rotatable bonds is 28. The van der Waals surface area contributed by atoms with Crippen LogP contribution in [0, 0.1) is 0 Å². The molecule has 0 fully saturated rings. The highest BCUT2D eigenvalue weighted by Crippen LogP contribution is 2.45. The fraction of sp³-hybridized carbons (Fsp3) is 0.239. The molecule has 558 valence electrons. The zero-order chi connectivity index (χ0) is 77.4. The molecule has 0 spiro atoms. The van der Waals surface area contributed by atoms with E-state index in [1.165, 1.54) is 51.1 Å². The normalized spacial score (nSPS) is 10.8. The number of amidine groups is 1. The van der Waals surface area contributed by atoms with E-state index in [4.69, 9.17) is 85.3 Å². The smallest absolute Gasteiger partial charge is 0.231 e. The summed E-state index contributed by atoms with van der Waals surface area (Å²) in [5.74, 6) is 7.05. The number of nitrogens with zero attached hydrogens (tertiary/aromatic N) is 15. The Hall–Kier alpha value is -14.6. The van der Waals surface area contributed by atoms with Gasteiger partial charge in [-0.25, -0.2) is 19.9 Å². The van der Waals surface area contributed by atoms with Gasteiger partial charge in [0.1, 0.15) is 46.0 Å². The van der Waals surface area contributed by atoms with Gasteiger partial charge in [0.15, 0.2) is 52.1 Å². The van der Waals surface area contributed by atoms with Crippen molar-refractivity contribution in [3.05, 3.63) is 120 Å². The van der Waals surface area contributed by atoms with Crippen molar-refractivity contribution in [1.29, 1.82) is 0 Å². The number of nitrogens with two attached hydrogens (primary N) is 5. The molecule has 0 aliphatic rings. The highest BCUT2D eigenvalue weighted by Gasteiger charge is 2.25. The minimum absolute atomic E-state index is 0.0159. The second-order valence-corrected chi connectivity index (χ2v) is 23.0. The fourth-order valence-electron chi connectivity index (χ4n) is 9.66. The molecule has 0 atom stereocenters. The predicted octanol–water partition coefficient (Wildman–Crippen LogP) is 9.45. The van der Waals surface area contributed by atoms with E-state index in [1.54, 1.807) is 51.7 Å². The number of aromatic nitrogens is 14. The Balaban J connectivity index is 0.000000180. The van der Waals surface area contributed by atoms with Crippen molar-refractivity contribution in [3.8, 4) is 103 Å². The molecule has 4 aromatic carbocycles. The quantitative estimate of drug-likeness (QED) is 0.00717. The molecule has 11 aromatic rings. The van der Waals surface area contributed by atoms with Crippen molar-refractivity contribution in [2.75, 3.05) is 72.6 Å². The number of amides is 4. The molecule has 0 radical (unpaired) electrons. The maximum Gasteiger partial charge on any atom is 0.231 e. The van der Waals surface area contributed by atoms with Crippen LogP contribution in [0.2, 0.25) is 0 Å².